The van der Waals surface area contributed by atoms with Crippen LogP contribution in [0.15, 0.2) is 6.07 Å². The minimum Gasteiger partial charge on any atom is -0.450 e. The molecule has 7 nitrogen and oxygen atoms in total. The summed E-state index contributed by atoms with van der Waals surface area (Å²) in [5.74, 6) is 2.29. The van der Waals surface area contributed by atoms with Crippen molar-refractivity contribution in [3.8, 4) is 0 Å². The molecule has 0 spiro atoms. The van der Waals surface area contributed by atoms with Crippen LogP contribution in [0.4, 0.5) is 16.4 Å². The van der Waals surface area contributed by atoms with E-state index in [1.807, 2.05) is 20.8 Å². The summed E-state index contributed by atoms with van der Waals surface area (Å²) in [6.45, 7) is 8.97. The fourth-order valence-electron chi connectivity index (χ4n) is 2.22. The van der Waals surface area contributed by atoms with Crippen LogP contribution in [0.25, 0.3) is 0 Å². The van der Waals surface area contributed by atoms with Gasteiger partial charge in [0.05, 0.1) is 6.61 Å². The normalized spacial score (nSPS) is 15.4. The first-order valence-electron chi connectivity index (χ1n) is 7.32. The van der Waals surface area contributed by atoms with Crippen LogP contribution in [-0.4, -0.2) is 53.7 Å². The number of rotatable bonds is 3. The molecule has 1 aliphatic rings. The van der Waals surface area contributed by atoms with E-state index in [2.05, 4.69) is 14.9 Å². The summed E-state index contributed by atoms with van der Waals surface area (Å²) in [5, 5.41) is 0. The van der Waals surface area contributed by atoms with Crippen LogP contribution in [0, 0.1) is 0 Å². The van der Waals surface area contributed by atoms with Gasteiger partial charge in [0.15, 0.2) is 0 Å². The Morgan fingerprint density at radius 2 is 2.00 bits per heavy atom. The second kappa shape index (κ2) is 6.60. The lowest BCUT2D eigenvalue weighted by atomic mass is 10.2. The number of carbonyl (C=O) groups excluding carboxylic acids is 1. The Morgan fingerprint density at radius 1 is 1.33 bits per heavy atom. The lowest BCUT2D eigenvalue weighted by Gasteiger charge is -2.34. The van der Waals surface area contributed by atoms with Crippen molar-refractivity contribution in [2.45, 2.75) is 26.7 Å². The van der Waals surface area contributed by atoms with Gasteiger partial charge in [0.2, 0.25) is 0 Å². The highest BCUT2D eigenvalue weighted by Crippen LogP contribution is 2.19. The average Bonchev–Trinajstić information content (AvgIpc) is 2.47. The SMILES string of the molecule is CCOC(=O)N1CCN(c2cc(N)nc(C(C)C)n2)CC1. The molecule has 0 saturated carbocycles. The van der Waals surface area contributed by atoms with Gasteiger partial charge in [0, 0.05) is 38.2 Å². The molecule has 1 fully saturated rings. The number of ether oxygens (including phenoxy) is 1. The number of hydrogen-bond acceptors (Lipinski definition) is 6. The molecule has 1 aliphatic heterocycles. The van der Waals surface area contributed by atoms with Crippen molar-refractivity contribution < 1.29 is 9.53 Å². The molecule has 1 aromatic rings. The van der Waals surface area contributed by atoms with Gasteiger partial charge in [0.25, 0.3) is 0 Å². The standard InChI is InChI=1S/C14H23N5O2/c1-4-21-14(20)19-7-5-18(6-8-19)12-9-11(15)16-13(17-12)10(2)3/h9-10H,4-8H2,1-3H3,(H2,15,16,17). The average molecular weight is 293 g/mol. The molecule has 0 aliphatic carbocycles. The van der Waals surface area contributed by atoms with Gasteiger partial charge in [-0.2, -0.15) is 0 Å². The first-order chi connectivity index (χ1) is 10.0. The largest absolute Gasteiger partial charge is 0.450 e. The molecule has 1 aromatic heterocycles. The predicted molar refractivity (Wildman–Crippen MR) is 81.3 cm³/mol. The molecule has 0 unspecified atom stereocenters. The zero-order valence-corrected chi connectivity index (χ0v) is 12.9. The molecule has 2 rings (SSSR count). The Labute approximate surface area is 125 Å². The summed E-state index contributed by atoms with van der Waals surface area (Å²) in [5.41, 5.74) is 5.86. The van der Waals surface area contributed by atoms with Gasteiger partial charge in [-0.15, -0.1) is 0 Å². The molecule has 7 heteroatoms. The molecule has 0 aromatic carbocycles. The molecule has 0 atom stereocenters. The maximum Gasteiger partial charge on any atom is 0.409 e. The highest BCUT2D eigenvalue weighted by Gasteiger charge is 2.23. The van der Waals surface area contributed by atoms with Gasteiger partial charge in [0.1, 0.15) is 17.5 Å². The fraction of sp³-hybridized carbons (Fsp3) is 0.643. The number of amides is 1. The van der Waals surface area contributed by atoms with Gasteiger partial charge in [-0.1, -0.05) is 13.8 Å². The number of nitrogens with zero attached hydrogens (tertiary/aromatic N) is 4. The third-order valence-electron chi connectivity index (χ3n) is 3.40. The van der Waals surface area contributed by atoms with Crippen LogP contribution in [0.2, 0.25) is 0 Å². The van der Waals surface area contributed by atoms with Crippen molar-refractivity contribution in [1.82, 2.24) is 14.9 Å². The summed E-state index contributed by atoms with van der Waals surface area (Å²) >= 11 is 0. The molecule has 1 amide bonds. The van der Waals surface area contributed by atoms with Crippen LogP contribution >= 0.6 is 0 Å². The molecule has 0 radical (unpaired) electrons. The van der Waals surface area contributed by atoms with Crippen molar-refractivity contribution in [2.24, 2.45) is 0 Å². The van der Waals surface area contributed by atoms with Crippen LogP contribution in [0.1, 0.15) is 32.5 Å². The lowest BCUT2D eigenvalue weighted by Crippen LogP contribution is -2.49. The van der Waals surface area contributed by atoms with Crippen LogP contribution in [-0.2, 0) is 4.74 Å². The molecule has 2 N–H and O–H groups in total. The number of anilines is 2. The highest BCUT2D eigenvalue weighted by atomic mass is 16.6. The maximum atomic E-state index is 11.7. The number of nitrogens with two attached hydrogens (primary N) is 1. The minimum atomic E-state index is -0.248. The molecular weight excluding hydrogens is 270 g/mol. The number of carbonyl (C=O) groups is 1. The molecule has 1 saturated heterocycles. The molecular formula is C14H23N5O2. The third kappa shape index (κ3) is 3.74. The number of aromatic nitrogens is 2. The van der Waals surface area contributed by atoms with E-state index in [-0.39, 0.29) is 12.0 Å². The number of nitrogen functional groups attached to an aromatic ring is 1. The van der Waals surface area contributed by atoms with Crippen LogP contribution < -0.4 is 10.6 Å². The molecule has 2 heterocycles. The number of hydrogen-bond donors (Lipinski definition) is 1. The van der Waals surface area contributed by atoms with E-state index in [9.17, 15) is 4.79 Å². The number of piperazine rings is 1. The van der Waals surface area contributed by atoms with Crippen molar-refractivity contribution in [2.75, 3.05) is 43.4 Å². The van der Waals surface area contributed by atoms with Gasteiger partial charge >= 0.3 is 6.09 Å². The lowest BCUT2D eigenvalue weighted by molar-refractivity contribution is 0.105. The van der Waals surface area contributed by atoms with E-state index in [1.54, 1.807) is 11.0 Å². The fourth-order valence-corrected chi connectivity index (χ4v) is 2.22. The van der Waals surface area contributed by atoms with Crippen molar-refractivity contribution in [1.29, 1.82) is 0 Å². The van der Waals surface area contributed by atoms with Crippen LogP contribution in [0.3, 0.4) is 0 Å². The van der Waals surface area contributed by atoms with Crippen molar-refractivity contribution in [3.05, 3.63) is 11.9 Å². The summed E-state index contributed by atoms with van der Waals surface area (Å²) in [4.78, 5) is 24.3. The Balaban J connectivity index is 2.03. The zero-order chi connectivity index (χ0) is 15.4. The summed E-state index contributed by atoms with van der Waals surface area (Å²) in [6.07, 6.45) is -0.248. The van der Waals surface area contributed by atoms with Gasteiger partial charge in [-0.05, 0) is 6.92 Å². The quantitative estimate of drug-likeness (QED) is 0.908. The van der Waals surface area contributed by atoms with Gasteiger partial charge in [-0.3, -0.25) is 0 Å². The van der Waals surface area contributed by atoms with E-state index in [4.69, 9.17) is 10.5 Å². The Kier molecular flexibility index (Phi) is 4.82. The van der Waals surface area contributed by atoms with E-state index in [1.165, 1.54) is 0 Å². The predicted octanol–water partition coefficient (Wildman–Crippen LogP) is 1.46. The van der Waals surface area contributed by atoms with Gasteiger partial charge < -0.3 is 20.3 Å². The highest BCUT2D eigenvalue weighted by molar-refractivity contribution is 5.68. The summed E-state index contributed by atoms with van der Waals surface area (Å²) in [6, 6.07) is 1.78. The Morgan fingerprint density at radius 3 is 2.57 bits per heavy atom. The summed E-state index contributed by atoms with van der Waals surface area (Å²) in [7, 11) is 0. The Bertz CT molecular complexity index is 498. The Hall–Kier alpha value is -2.05. The molecule has 0 bridgehead atoms. The second-order valence-corrected chi connectivity index (χ2v) is 5.34. The zero-order valence-electron chi connectivity index (χ0n) is 12.9. The van der Waals surface area contributed by atoms with Crippen molar-refractivity contribution in [3.63, 3.8) is 0 Å². The summed E-state index contributed by atoms with van der Waals surface area (Å²) < 4.78 is 5.01. The second-order valence-electron chi connectivity index (χ2n) is 5.34. The van der Waals surface area contributed by atoms with E-state index in [0.29, 0.717) is 38.6 Å². The van der Waals surface area contributed by atoms with Gasteiger partial charge in [-0.25, -0.2) is 14.8 Å². The maximum absolute atomic E-state index is 11.7. The van der Waals surface area contributed by atoms with E-state index >= 15 is 0 Å². The monoisotopic (exact) mass is 293 g/mol. The third-order valence-corrected chi connectivity index (χ3v) is 3.40. The topological polar surface area (TPSA) is 84.6 Å². The molecule has 116 valence electrons. The molecule has 21 heavy (non-hydrogen) atoms. The van der Waals surface area contributed by atoms with E-state index < -0.39 is 0 Å². The smallest absolute Gasteiger partial charge is 0.409 e. The minimum absolute atomic E-state index is 0.230. The van der Waals surface area contributed by atoms with Crippen molar-refractivity contribution >= 4 is 17.7 Å². The first kappa shape index (κ1) is 15.3. The van der Waals surface area contributed by atoms with Crippen LogP contribution in [0.5, 0.6) is 0 Å². The first-order valence-corrected chi connectivity index (χ1v) is 7.32. The van der Waals surface area contributed by atoms with E-state index in [0.717, 1.165) is 11.6 Å².